The number of rotatable bonds is 4. The fraction of sp³-hybridized carbons (Fsp3) is 0.211. The fourth-order valence-corrected chi connectivity index (χ4v) is 2.32. The van der Waals surface area contributed by atoms with Crippen LogP contribution in [0.1, 0.15) is 42.6 Å². The van der Waals surface area contributed by atoms with E-state index in [0.29, 0.717) is 23.2 Å². The van der Waals surface area contributed by atoms with E-state index in [-0.39, 0.29) is 5.78 Å². The number of benzene rings is 2. The summed E-state index contributed by atoms with van der Waals surface area (Å²) in [6, 6.07) is 15.3. The number of ketones is 1. The molecule has 0 aliphatic heterocycles. The molecule has 0 radical (unpaired) electrons. The average Bonchev–Trinajstić information content (AvgIpc) is 3.05. The van der Waals surface area contributed by atoms with E-state index in [1.165, 1.54) is 5.56 Å². The molecule has 4 heteroatoms. The molecule has 0 unspecified atom stereocenters. The number of Topliss-reactive ketones (excluding diaryl/α,β-unsaturated/α-hetero) is 1. The molecule has 3 rings (SSSR count). The lowest BCUT2D eigenvalue weighted by Gasteiger charge is -2.04. The Balaban J connectivity index is 1.86. The molecule has 0 bridgehead atoms. The molecule has 0 aliphatic rings. The summed E-state index contributed by atoms with van der Waals surface area (Å²) in [5.41, 5.74) is 3.66. The van der Waals surface area contributed by atoms with E-state index in [1.54, 1.807) is 19.1 Å². The second-order valence-corrected chi connectivity index (χ2v) is 5.83. The maximum Gasteiger partial charge on any atom is 0.258 e. The van der Waals surface area contributed by atoms with Crippen molar-refractivity contribution in [2.45, 2.75) is 26.7 Å². The number of hydrogen-bond acceptors (Lipinski definition) is 4. The number of carbonyl (C=O) groups excluding carboxylic acids is 1. The van der Waals surface area contributed by atoms with Gasteiger partial charge in [0.15, 0.2) is 5.78 Å². The molecule has 0 N–H and O–H groups in total. The van der Waals surface area contributed by atoms with Crippen molar-refractivity contribution in [3.05, 3.63) is 59.7 Å². The van der Waals surface area contributed by atoms with Crippen molar-refractivity contribution in [2.24, 2.45) is 0 Å². The highest BCUT2D eigenvalue weighted by molar-refractivity contribution is 5.94. The molecule has 0 saturated heterocycles. The standard InChI is InChI=1S/C19H18N2O2/c1-12(2)14-4-10-17(11-5-14)19-20-18(21-23-19)16-8-6-15(7-9-16)13(3)22/h4-12H,1-3H3. The third kappa shape index (κ3) is 3.21. The molecule has 0 amide bonds. The van der Waals surface area contributed by atoms with E-state index in [2.05, 4.69) is 36.1 Å². The molecule has 4 nitrogen and oxygen atoms in total. The van der Waals surface area contributed by atoms with E-state index in [9.17, 15) is 4.79 Å². The minimum Gasteiger partial charge on any atom is -0.334 e. The van der Waals surface area contributed by atoms with Gasteiger partial charge >= 0.3 is 0 Å². The van der Waals surface area contributed by atoms with Gasteiger partial charge < -0.3 is 4.52 Å². The smallest absolute Gasteiger partial charge is 0.258 e. The van der Waals surface area contributed by atoms with Crippen molar-refractivity contribution < 1.29 is 9.32 Å². The van der Waals surface area contributed by atoms with E-state index in [4.69, 9.17) is 4.52 Å². The first kappa shape index (κ1) is 15.2. The van der Waals surface area contributed by atoms with Crippen molar-refractivity contribution in [1.82, 2.24) is 10.1 Å². The third-order valence-corrected chi connectivity index (χ3v) is 3.80. The first-order valence-corrected chi connectivity index (χ1v) is 7.60. The van der Waals surface area contributed by atoms with E-state index in [1.807, 2.05) is 24.3 Å². The molecule has 0 saturated carbocycles. The van der Waals surface area contributed by atoms with Crippen LogP contribution in [0.3, 0.4) is 0 Å². The van der Waals surface area contributed by atoms with Crippen LogP contribution in [-0.4, -0.2) is 15.9 Å². The van der Waals surface area contributed by atoms with Gasteiger partial charge in [0.05, 0.1) is 0 Å². The molecule has 3 aromatic rings. The Hall–Kier alpha value is -2.75. The zero-order chi connectivity index (χ0) is 16.4. The van der Waals surface area contributed by atoms with Gasteiger partial charge in [-0.3, -0.25) is 4.79 Å². The normalized spacial score (nSPS) is 11.0. The van der Waals surface area contributed by atoms with Gasteiger partial charge in [-0.15, -0.1) is 0 Å². The maximum atomic E-state index is 11.3. The zero-order valence-electron chi connectivity index (χ0n) is 13.4. The van der Waals surface area contributed by atoms with Crippen molar-refractivity contribution >= 4 is 5.78 Å². The molecule has 0 atom stereocenters. The first-order chi connectivity index (χ1) is 11.0. The highest BCUT2D eigenvalue weighted by Crippen LogP contribution is 2.24. The molecule has 116 valence electrons. The van der Waals surface area contributed by atoms with Crippen molar-refractivity contribution in [2.75, 3.05) is 0 Å². The minimum absolute atomic E-state index is 0.0376. The summed E-state index contributed by atoms with van der Waals surface area (Å²) < 4.78 is 5.36. The largest absolute Gasteiger partial charge is 0.334 e. The van der Waals surface area contributed by atoms with Crippen molar-refractivity contribution in [1.29, 1.82) is 0 Å². The highest BCUT2D eigenvalue weighted by Gasteiger charge is 2.11. The fourth-order valence-electron chi connectivity index (χ4n) is 2.32. The molecule has 23 heavy (non-hydrogen) atoms. The Labute approximate surface area is 135 Å². The van der Waals surface area contributed by atoms with Gasteiger partial charge in [0.2, 0.25) is 5.82 Å². The van der Waals surface area contributed by atoms with Gasteiger partial charge in [-0.1, -0.05) is 55.4 Å². The van der Waals surface area contributed by atoms with E-state index < -0.39 is 0 Å². The highest BCUT2D eigenvalue weighted by atomic mass is 16.5. The Morgan fingerprint density at radius 3 is 2.13 bits per heavy atom. The van der Waals surface area contributed by atoms with Crippen LogP contribution in [0.5, 0.6) is 0 Å². The van der Waals surface area contributed by atoms with Crippen molar-refractivity contribution in [3.63, 3.8) is 0 Å². The Kier molecular flexibility index (Phi) is 4.06. The van der Waals surface area contributed by atoms with Crippen LogP contribution in [0.2, 0.25) is 0 Å². The van der Waals surface area contributed by atoms with Gasteiger partial charge in [-0.05, 0) is 30.5 Å². The van der Waals surface area contributed by atoms with Crippen LogP contribution in [-0.2, 0) is 0 Å². The predicted molar refractivity (Wildman–Crippen MR) is 89.3 cm³/mol. The molecule has 0 spiro atoms. The molecular formula is C19H18N2O2. The third-order valence-electron chi connectivity index (χ3n) is 3.80. The summed E-state index contributed by atoms with van der Waals surface area (Å²) >= 11 is 0. The summed E-state index contributed by atoms with van der Waals surface area (Å²) in [7, 11) is 0. The summed E-state index contributed by atoms with van der Waals surface area (Å²) in [5.74, 6) is 1.53. The summed E-state index contributed by atoms with van der Waals surface area (Å²) in [5, 5.41) is 4.02. The maximum absolute atomic E-state index is 11.3. The summed E-state index contributed by atoms with van der Waals surface area (Å²) in [6.45, 7) is 5.86. The lowest BCUT2D eigenvalue weighted by molar-refractivity contribution is 0.101. The van der Waals surface area contributed by atoms with E-state index >= 15 is 0 Å². The minimum atomic E-state index is 0.0376. The molecule has 1 aromatic heterocycles. The van der Waals surface area contributed by atoms with Gasteiger partial charge in [0.1, 0.15) is 0 Å². The topological polar surface area (TPSA) is 56.0 Å². The molecular weight excluding hydrogens is 288 g/mol. The van der Waals surface area contributed by atoms with Gasteiger partial charge in [0, 0.05) is 16.7 Å². The zero-order valence-corrected chi connectivity index (χ0v) is 13.4. The molecule has 0 fully saturated rings. The predicted octanol–water partition coefficient (Wildman–Crippen LogP) is 4.73. The van der Waals surface area contributed by atoms with Gasteiger partial charge in [-0.2, -0.15) is 4.98 Å². The number of carbonyl (C=O) groups is 1. The average molecular weight is 306 g/mol. The number of aromatic nitrogens is 2. The first-order valence-electron chi connectivity index (χ1n) is 7.60. The molecule has 1 heterocycles. The van der Waals surface area contributed by atoms with Gasteiger partial charge in [0.25, 0.3) is 5.89 Å². The van der Waals surface area contributed by atoms with Crippen LogP contribution < -0.4 is 0 Å². The summed E-state index contributed by atoms with van der Waals surface area (Å²) in [6.07, 6.45) is 0. The second kappa shape index (κ2) is 6.16. The number of hydrogen-bond donors (Lipinski definition) is 0. The second-order valence-electron chi connectivity index (χ2n) is 5.83. The lowest BCUT2D eigenvalue weighted by Crippen LogP contribution is -1.91. The van der Waals surface area contributed by atoms with Gasteiger partial charge in [-0.25, -0.2) is 0 Å². The Morgan fingerprint density at radius 2 is 1.57 bits per heavy atom. The van der Waals surface area contributed by atoms with Crippen molar-refractivity contribution in [3.8, 4) is 22.8 Å². The van der Waals surface area contributed by atoms with Crippen LogP contribution in [0, 0.1) is 0 Å². The van der Waals surface area contributed by atoms with E-state index in [0.717, 1.165) is 11.1 Å². The Morgan fingerprint density at radius 1 is 0.957 bits per heavy atom. The monoisotopic (exact) mass is 306 g/mol. The summed E-state index contributed by atoms with van der Waals surface area (Å²) in [4.78, 5) is 15.7. The quantitative estimate of drug-likeness (QED) is 0.654. The Bertz CT molecular complexity index is 815. The van der Waals surface area contributed by atoms with Crippen LogP contribution in [0.4, 0.5) is 0 Å². The van der Waals surface area contributed by atoms with Crippen LogP contribution >= 0.6 is 0 Å². The number of nitrogens with zero attached hydrogens (tertiary/aromatic N) is 2. The molecule has 2 aromatic carbocycles. The lowest BCUT2D eigenvalue weighted by atomic mass is 10.0. The van der Waals surface area contributed by atoms with Crippen LogP contribution in [0.15, 0.2) is 53.1 Å². The van der Waals surface area contributed by atoms with Crippen LogP contribution in [0.25, 0.3) is 22.8 Å². The molecule has 0 aliphatic carbocycles. The SMILES string of the molecule is CC(=O)c1ccc(-c2noc(-c3ccc(C(C)C)cc3)n2)cc1.